The Bertz CT molecular complexity index is 1090. The summed E-state index contributed by atoms with van der Waals surface area (Å²) in [6.45, 7) is 0.336. The predicted molar refractivity (Wildman–Crippen MR) is 106 cm³/mol. The van der Waals surface area contributed by atoms with Crippen LogP contribution in [0.2, 0.25) is 0 Å². The van der Waals surface area contributed by atoms with Crippen LogP contribution < -0.4 is 10.1 Å². The van der Waals surface area contributed by atoms with E-state index in [0.29, 0.717) is 23.6 Å². The number of benzene rings is 3. The van der Waals surface area contributed by atoms with Gasteiger partial charge in [0.2, 0.25) is 0 Å². The molecule has 1 N–H and O–H groups in total. The molecule has 29 heavy (non-hydrogen) atoms. The number of ether oxygens (including phenoxy) is 1. The van der Waals surface area contributed by atoms with E-state index in [9.17, 15) is 9.18 Å². The minimum Gasteiger partial charge on any atom is -0.457 e. The molecule has 4 rings (SSSR count). The first kappa shape index (κ1) is 18.4. The van der Waals surface area contributed by atoms with Crippen LogP contribution in [0.4, 0.5) is 4.39 Å². The van der Waals surface area contributed by atoms with Crippen molar-refractivity contribution in [1.29, 1.82) is 0 Å². The van der Waals surface area contributed by atoms with Crippen LogP contribution in [0.3, 0.4) is 0 Å². The highest BCUT2D eigenvalue weighted by atomic mass is 19.1. The molecule has 4 aromatic rings. The van der Waals surface area contributed by atoms with E-state index in [1.807, 2.05) is 54.6 Å². The second kappa shape index (κ2) is 8.39. The predicted octanol–water partition coefficient (Wildman–Crippen LogP) is 5.20. The molecule has 0 unspecified atom stereocenters. The number of carbonyl (C=O) groups excluding carboxylic acids is 1. The molecule has 0 spiro atoms. The summed E-state index contributed by atoms with van der Waals surface area (Å²) in [5.41, 5.74) is 1.72. The molecule has 0 aliphatic carbocycles. The molecule has 0 saturated heterocycles. The molecule has 1 amide bonds. The van der Waals surface area contributed by atoms with E-state index in [4.69, 9.17) is 9.26 Å². The Hall–Kier alpha value is -3.93. The van der Waals surface area contributed by atoms with Crippen LogP contribution in [-0.2, 0) is 6.54 Å². The number of nitrogens with zero attached hydrogens (tertiary/aromatic N) is 1. The summed E-state index contributed by atoms with van der Waals surface area (Å²) in [6.07, 6.45) is 0. The standard InChI is InChI=1S/C23H17FN2O3/c24-18-10-8-17(9-11-18)22-14-21(26-29-22)23(27)25-15-16-6-12-20(13-7-16)28-19-4-2-1-3-5-19/h1-14H,15H2,(H,25,27). The zero-order valence-electron chi connectivity index (χ0n) is 15.3. The number of hydrogen-bond acceptors (Lipinski definition) is 4. The number of hydrogen-bond donors (Lipinski definition) is 1. The van der Waals surface area contributed by atoms with Crippen LogP contribution in [-0.4, -0.2) is 11.1 Å². The molecule has 5 nitrogen and oxygen atoms in total. The molecule has 6 heteroatoms. The van der Waals surface area contributed by atoms with Crippen molar-refractivity contribution in [2.75, 3.05) is 0 Å². The Kier molecular flexibility index (Phi) is 5.33. The minimum absolute atomic E-state index is 0.161. The fourth-order valence-corrected chi connectivity index (χ4v) is 2.71. The molecule has 0 aliphatic rings. The van der Waals surface area contributed by atoms with E-state index >= 15 is 0 Å². The first-order valence-electron chi connectivity index (χ1n) is 9.00. The molecule has 1 aromatic heterocycles. The molecule has 0 fully saturated rings. The van der Waals surface area contributed by atoms with Crippen molar-refractivity contribution in [1.82, 2.24) is 10.5 Å². The van der Waals surface area contributed by atoms with Crippen LogP contribution in [0.5, 0.6) is 11.5 Å². The first-order valence-corrected chi connectivity index (χ1v) is 9.00. The lowest BCUT2D eigenvalue weighted by Gasteiger charge is -2.07. The number of nitrogens with one attached hydrogen (secondary N) is 1. The third kappa shape index (κ3) is 4.68. The SMILES string of the molecule is O=C(NCc1ccc(Oc2ccccc2)cc1)c1cc(-c2ccc(F)cc2)on1. The zero-order valence-corrected chi connectivity index (χ0v) is 15.3. The number of rotatable bonds is 6. The van der Waals surface area contributed by atoms with E-state index in [-0.39, 0.29) is 17.4 Å². The molecule has 0 saturated carbocycles. The third-order valence-electron chi connectivity index (χ3n) is 4.23. The van der Waals surface area contributed by atoms with Crippen LogP contribution in [0, 0.1) is 5.82 Å². The average molecular weight is 388 g/mol. The summed E-state index contributed by atoms with van der Waals surface area (Å²) in [7, 11) is 0. The quantitative estimate of drug-likeness (QED) is 0.493. The molecule has 0 radical (unpaired) electrons. The molecule has 144 valence electrons. The monoisotopic (exact) mass is 388 g/mol. The fourth-order valence-electron chi connectivity index (χ4n) is 2.71. The van der Waals surface area contributed by atoms with Crippen molar-refractivity contribution in [2.24, 2.45) is 0 Å². The number of carbonyl (C=O) groups is 1. The first-order chi connectivity index (χ1) is 14.2. The second-order valence-corrected chi connectivity index (χ2v) is 6.33. The largest absolute Gasteiger partial charge is 0.457 e. The van der Waals surface area contributed by atoms with Crippen molar-refractivity contribution in [3.8, 4) is 22.8 Å². The number of aromatic nitrogens is 1. The van der Waals surface area contributed by atoms with Gasteiger partial charge in [-0.15, -0.1) is 0 Å². The van der Waals surface area contributed by atoms with Gasteiger partial charge in [-0.25, -0.2) is 4.39 Å². The summed E-state index contributed by atoms with van der Waals surface area (Å²) in [5, 5.41) is 6.58. The van der Waals surface area contributed by atoms with E-state index < -0.39 is 0 Å². The highest BCUT2D eigenvalue weighted by molar-refractivity contribution is 5.93. The summed E-state index contributed by atoms with van der Waals surface area (Å²) in [4.78, 5) is 12.3. The second-order valence-electron chi connectivity index (χ2n) is 6.33. The topological polar surface area (TPSA) is 64.4 Å². The van der Waals surface area contributed by atoms with Crippen molar-refractivity contribution in [3.05, 3.63) is 102 Å². The number of amides is 1. The van der Waals surface area contributed by atoms with Crippen molar-refractivity contribution in [3.63, 3.8) is 0 Å². The Labute approximate surface area is 166 Å². The van der Waals surface area contributed by atoms with Crippen molar-refractivity contribution >= 4 is 5.91 Å². The highest BCUT2D eigenvalue weighted by Crippen LogP contribution is 2.22. The van der Waals surface area contributed by atoms with Gasteiger partial charge in [-0.05, 0) is 54.1 Å². The molecule has 0 bridgehead atoms. The Balaban J connectivity index is 1.34. The van der Waals surface area contributed by atoms with Gasteiger partial charge in [-0.1, -0.05) is 35.5 Å². The molecule has 0 aliphatic heterocycles. The van der Waals surface area contributed by atoms with Crippen LogP contribution in [0.15, 0.2) is 89.5 Å². The van der Waals surface area contributed by atoms with Gasteiger partial charge in [0, 0.05) is 18.2 Å². The summed E-state index contributed by atoms with van der Waals surface area (Å²) in [5.74, 6) is 1.18. The summed E-state index contributed by atoms with van der Waals surface area (Å²) in [6, 6.07) is 24.3. The Morgan fingerprint density at radius 2 is 1.62 bits per heavy atom. The Morgan fingerprint density at radius 1 is 0.931 bits per heavy atom. The number of halogens is 1. The molecular weight excluding hydrogens is 371 g/mol. The van der Waals surface area contributed by atoms with Gasteiger partial charge in [0.25, 0.3) is 5.91 Å². The Morgan fingerprint density at radius 3 is 2.34 bits per heavy atom. The fraction of sp³-hybridized carbons (Fsp3) is 0.0435. The normalized spacial score (nSPS) is 10.5. The van der Waals surface area contributed by atoms with Gasteiger partial charge >= 0.3 is 0 Å². The lowest BCUT2D eigenvalue weighted by Crippen LogP contribution is -2.22. The summed E-state index contributed by atoms with van der Waals surface area (Å²) >= 11 is 0. The smallest absolute Gasteiger partial charge is 0.273 e. The zero-order chi connectivity index (χ0) is 20.1. The van der Waals surface area contributed by atoms with Crippen LogP contribution in [0.1, 0.15) is 16.1 Å². The average Bonchev–Trinajstić information content (AvgIpc) is 3.25. The lowest BCUT2D eigenvalue weighted by atomic mass is 10.1. The van der Waals surface area contributed by atoms with Gasteiger partial charge in [-0.2, -0.15) is 0 Å². The molecule has 3 aromatic carbocycles. The third-order valence-corrected chi connectivity index (χ3v) is 4.23. The highest BCUT2D eigenvalue weighted by Gasteiger charge is 2.13. The maximum Gasteiger partial charge on any atom is 0.273 e. The van der Waals surface area contributed by atoms with E-state index in [0.717, 1.165) is 11.3 Å². The van der Waals surface area contributed by atoms with Crippen LogP contribution >= 0.6 is 0 Å². The van der Waals surface area contributed by atoms with Gasteiger partial charge in [-0.3, -0.25) is 4.79 Å². The maximum atomic E-state index is 13.0. The van der Waals surface area contributed by atoms with Gasteiger partial charge in [0.15, 0.2) is 11.5 Å². The van der Waals surface area contributed by atoms with Crippen molar-refractivity contribution < 1.29 is 18.4 Å². The molecule has 1 heterocycles. The molecule has 0 atom stereocenters. The van der Waals surface area contributed by atoms with Gasteiger partial charge in [0.1, 0.15) is 17.3 Å². The van der Waals surface area contributed by atoms with E-state index in [1.54, 1.807) is 12.1 Å². The van der Waals surface area contributed by atoms with E-state index in [2.05, 4.69) is 10.5 Å². The van der Waals surface area contributed by atoms with Gasteiger partial charge in [0.05, 0.1) is 0 Å². The lowest BCUT2D eigenvalue weighted by molar-refractivity contribution is 0.0942. The van der Waals surface area contributed by atoms with E-state index in [1.165, 1.54) is 18.2 Å². The molecular formula is C23H17FN2O3. The summed E-state index contributed by atoms with van der Waals surface area (Å²) < 4.78 is 23.9. The maximum absolute atomic E-state index is 13.0. The minimum atomic E-state index is -0.355. The van der Waals surface area contributed by atoms with Gasteiger partial charge < -0.3 is 14.6 Å². The van der Waals surface area contributed by atoms with Crippen LogP contribution in [0.25, 0.3) is 11.3 Å². The number of para-hydroxylation sites is 1. The van der Waals surface area contributed by atoms with Crippen molar-refractivity contribution in [2.45, 2.75) is 6.54 Å².